The number of methoxy groups -OCH3 is 1. The normalized spacial score (nSPS) is 10.5. The Hall–Kier alpha value is -1.55. The first-order valence-corrected chi connectivity index (χ1v) is 6.69. The molecular formula is C14H18N2OS. The van der Waals surface area contributed by atoms with E-state index in [-0.39, 0.29) is 0 Å². The smallest absolute Gasteiger partial charge is 0.129 e. The minimum Gasteiger partial charge on any atom is -0.496 e. The molecule has 0 saturated carbocycles. The van der Waals surface area contributed by atoms with Crippen LogP contribution in [0.15, 0.2) is 12.1 Å². The monoisotopic (exact) mass is 262 g/mol. The molecule has 18 heavy (non-hydrogen) atoms. The van der Waals surface area contributed by atoms with Crippen LogP contribution in [0.5, 0.6) is 5.75 Å². The SMILES string of the molecule is CNc1sc(-c2cc(C)c(C)cc2OC)nc1C. The highest BCUT2D eigenvalue weighted by molar-refractivity contribution is 7.19. The highest BCUT2D eigenvalue weighted by Crippen LogP contribution is 2.37. The van der Waals surface area contributed by atoms with Gasteiger partial charge >= 0.3 is 0 Å². The largest absolute Gasteiger partial charge is 0.496 e. The van der Waals surface area contributed by atoms with Gasteiger partial charge in [-0.25, -0.2) is 4.98 Å². The maximum atomic E-state index is 5.46. The summed E-state index contributed by atoms with van der Waals surface area (Å²) >= 11 is 1.65. The summed E-state index contributed by atoms with van der Waals surface area (Å²) in [5.74, 6) is 0.884. The number of benzene rings is 1. The molecule has 1 N–H and O–H groups in total. The van der Waals surface area contributed by atoms with Crippen LogP contribution in [0.25, 0.3) is 10.6 Å². The first-order valence-electron chi connectivity index (χ1n) is 5.87. The van der Waals surface area contributed by atoms with Crippen molar-refractivity contribution in [2.75, 3.05) is 19.5 Å². The molecule has 0 unspecified atom stereocenters. The van der Waals surface area contributed by atoms with E-state index < -0.39 is 0 Å². The Kier molecular flexibility index (Phi) is 3.57. The minimum atomic E-state index is 0.884. The summed E-state index contributed by atoms with van der Waals surface area (Å²) < 4.78 is 5.46. The number of nitrogens with zero attached hydrogens (tertiary/aromatic N) is 1. The van der Waals surface area contributed by atoms with E-state index in [0.717, 1.165) is 27.0 Å². The predicted octanol–water partition coefficient (Wildman–Crippen LogP) is 3.79. The highest BCUT2D eigenvalue weighted by Gasteiger charge is 2.14. The molecule has 0 bridgehead atoms. The summed E-state index contributed by atoms with van der Waals surface area (Å²) in [6.45, 7) is 6.21. The Balaban J connectivity index is 2.58. The highest BCUT2D eigenvalue weighted by atomic mass is 32.1. The molecule has 0 saturated heterocycles. The van der Waals surface area contributed by atoms with Gasteiger partial charge < -0.3 is 10.1 Å². The average Bonchev–Trinajstić information content (AvgIpc) is 2.73. The van der Waals surface area contributed by atoms with Crippen LogP contribution in [-0.4, -0.2) is 19.1 Å². The molecule has 0 radical (unpaired) electrons. The third-order valence-corrected chi connectivity index (χ3v) is 4.28. The number of anilines is 1. The summed E-state index contributed by atoms with van der Waals surface area (Å²) in [5.41, 5.74) is 4.58. The molecule has 0 aliphatic rings. The van der Waals surface area contributed by atoms with Crippen LogP contribution in [0.2, 0.25) is 0 Å². The van der Waals surface area contributed by atoms with E-state index in [1.807, 2.05) is 14.0 Å². The average molecular weight is 262 g/mol. The van der Waals surface area contributed by atoms with Gasteiger partial charge in [-0.05, 0) is 44.0 Å². The molecule has 2 rings (SSSR count). The maximum absolute atomic E-state index is 5.46. The van der Waals surface area contributed by atoms with Gasteiger partial charge in [-0.1, -0.05) is 11.3 Å². The molecule has 2 aromatic rings. The van der Waals surface area contributed by atoms with Gasteiger partial charge in [-0.2, -0.15) is 0 Å². The molecule has 0 amide bonds. The number of aromatic nitrogens is 1. The topological polar surface area (TPSA) is 34.1 Å². The second-order valence-corrected chi connectivity index (χ2v) is 5.32. The number of nitrogens with one attached hydrogen (secondary N) is 1. The van der Waals surface area contributed by atoms with Gasteiger partial charge in [0.05, 0.1) is 18.4 Å². The van der Waals surface area contributed by atoms with Crippen LogP contribution in [0.1, 0.15) is 16.8 Å². The molecule has 1 aromatic carbocycles. The van der Waals surface area contributed by atoms with Crippen molar-refractivity contribution in [3.8, 4) is 16.3 Å². The van der Waals surface area contributed by atoms with E-state index in [1.165, 1.54) is 11.1 Å². The van der Waals surface area contributed by atoms with E-state index in [2.05, 4.69) is 36.3 Å². The standard InChI is InChI=1S/C14H18N2OS/c1-8-6-11(12(17-5)7-9(8)2)14-16-10(3)13(15-4)18-14/h6-7,15H,1-5H3. The lowest BCUT2D eigenvalue weighted by Crippen LogP contribution is -1.91. The van der Waals surface area contributed by atoms with Crippen LogP contribution in [0, 0.1) is 20.8 Å². The molecular weight excluding hydrogens is 244 g/mol. The molecule has 0 aliphatic heterocycles. The van der Waals surface area contributed by atoms with Gasteiger partial charge in [0.25, 0.3) is 0 Å². The molecule has 1 heterocycles. The van der Waals surface area contributed by atoms with Gasteiger partial charge in [-0.3, -0.25) is 0 Å². The van der Waals surface area contributed by atoms with Crippen LogP contribution >= 0.6 is 11.3 Å². The lowest BCUT2D eigenvalue weighted by molar-refractivity contribution is 0.416. The van der Waals surface area contributed by atoms with Crippen molar-refractivity contribution in [3.63, 3.8) is 0 Å². The minimum absolute atomic E-state index is 0.884. The molecule has 3 nitrogen and oxygen atoms in total. The van der Waals surface area contributed by atoms with Crippen LogP contribution < -0.4 is 10.1 Å². The Morgan fingerprint density at radius 2 is 1.83 bits per heavy atom. The van der Waals surface area contributed by atoms with E-state index >= 15 is 0 Å². The van der Waals surface area contributed by atoms with Crippen molar-refractivity contribution in [3.05, 3.63) is 29.0 Å². The second-order valence-electron chi connectivity index (χ2n) is 4.32. The molecule has 0 fully saturated rings. The van der Waals surface area contributed by atoms with Crippen LogP contribution in [0.4, 0.5) is 5.00 Å². The number of ether oxygens (including phenoxy) is 1. The van der Waals surface area contributed by atoms with Crippen molar-refractivity contribution in [2.45, 2.75) is 20.8 Å². The Morgan fingerprint density at radius 3 is 2.39 bits per heavy atom. The summed E-state index contributed by atoms with van der Waals surface area (Å²) in [4.78, 5) is 4.61. The fraction of sp³-hybridized carbons (Fsp3) is 0.357. The summed E-state index contributed by atoms with van der Waals surface area (Å²) in [7, 11) is 3.62. The molecule has 96 valence electrons. The van der Waals surface area contributed by atoms with Crippen LogP contribution in [-0.2, 0) is 0 Å². The number of thiazole rings is 1. The summed E-state index contributed by atoms with van der Waals surface area (Å²) in [5, 5.41) is 5.26. The van der Waals surface area contributed by atoms with E-state index in [1.54, 1.807) is 18.4 Å². The molecule has 0 aliphatic carbocycles. The molecule has 4 heteroatoms. The van der Waals surface area contributed by atoms with E-state index in [9.17, 15) is 0 Å². The van der Waals surface area contributed by atoms with Crippen molar-refractivity contribution >= 4 is 16.3 Å². The third-order valence-electron chi connectivity index (χ3n) is 3.07. The summed E-state index contributed by atoms with van der Waals surface area (Å²) in [6.07, 6.45) is 0. The summed E-state index contributed by atoms with van der Waals surface area (Å²) in [6, 6.07) is 4.21. The van der Waals surface area contributed by atoms with Crippen molar-refractivity contribution in [1.29, 1.82) is 0 Å². The second kappa shape index (κ2) is 4.98. The maximum Gasteiger partial charge on any atom is 0.129 e. The van der Waals surface area contributed by atoms with Gasteiger partial charge in [-0.15, -0.1) is 0 Å². The number of hydrogen-bond donors (Lipinski definition) is 1. The third kappa shape index (κ3) is 2.20. The van der Waals surface area contributed by atoms with Crippen molar-refractivity contribution in [2.24, 2.45) is 0 Å². The van der Waals surface area contributed by atoms with Gasteiger partial charge in [0.15, 0.2) is 0 Å². The zero-order chi connectivity index (χ0) is 13.3. The van der Waals surface area contributed by atoms with Crippen molar-refractivity contribution < 1.29 is 4.74 Å². The first kappa shape index (κ1) is 12.9. The number of rotatable bonds is 3. The van der Waals surface area contributed by atoms with E-state index in [4.69, 9.17) is 4.74 Å². The number of hydrogen-bond acceptors (Lipinski definition) is 4. The van der Waals surface area contributed by atoms with Crippen molar-refractivity contribution in [1.82, 2.24) is 4.98 Å². The fourth-order valence-corrected chi connectivity index (χ4v) is 2.81. The predicted molar refractivity (Wildman–Crippen MR) is 77.9 cm³/mol. The zero-order valence-corrected chi connectivity index (χ0v) is 12.2. The molecule has 1 aromatic heterocycles. The van der Waals surface area contributed by atoms with Gasteiger partial charge in [0.2, 0.25) is 0 Å². The van der Waals surface area contributed by atoms with Gasteiger partial charge in [0, 0.05) is 7.05 Å². The fourth-order valence-electron chi connectivity index (χ4n) is 1.87. The lowest BCUT2D eigenvalue weighted by atomic mass is 10.1. The Bertz CT molecular complexity index is 575. The van der Waals surface area contributed by atoms with Gasteiger partial charge in [0.1, 0.15) is 15.8 Å². The molecule has 0 atom stereocenters. The van der Waals surface area contributed by atoms with Crippen LogP contribution in [0.3, 0.4) is 0 Å². The lowest BCUT2D eigenvalue weighted by Gasteiger charge is -2.09. The van der Waals surface area contributed by atoms with E-state index in [0.29, 0.717) is 0 Å². The Morgan fingerprint density at radius 1 is 1.17 bits per heavy atom. The Labute approximate surface area is 112 Å². The quantitative estimate of drug-likeness (QED) is 0.914. The first-order chi connectivity index (χ1) is 8.56. The molecule has 0 spiro atoms. The zero-order valence-electron chi connectivity index (χ0n) is 11.4. The number of aryl methyl sites for hydroxylation is 3.